The first-order valence-electron chi connectivity index (χ1n) is 6.57. The molecule has 23 heavy (non-hydrogen) atoms. The molecular weight excluding hydrogens is 389 g/mol. The highest BCUT2D eigenvalue weighted by Gasteiger charge is 2.17. The summed E-state index contributed by atoms with van der Waals surface area (Å²) < 4.78 is 38.0. The maximum absolute atomic E-state index is 13.8. The number of anilines is 1. The fourth-order valence-electron chi connectivity index (χ4n) is 1.84. The van der Waals surface area contributed by atoms with Crippen LogP contribution in [-0.4, -0.2) is 25.2 Å². The van der Waals surface area contributed by atoms with E-state index in [9.17, 15) is 22.7 Å². The van der Waals surface area contributed by atoms with Crippen LogP contribution in [0.1, 0.15) is 17.3 Å². The number of hydrogen-bond donors (Lipinski definition) is 2. The number of carbonyl (C=O) groups is 1. The molecule has 0 unspecified atom stereocenters. The molecule has 0 saturated carbocycles. The van der Waals surface area contributed by atoms with Crippen molar-refractivity contribution in [2.24, 2.45) is 0 Å². The lowest BCUT2D eigenvalue weighted by atomic mass is 10.2. The monoisotopic (exact) mass is 401 g/mol. The smallest absolute Gasteiger partial charge is 0.258 e. The van der Waals surface area contributed by atoms with E-state index in [4.69, 9.17) is 0 Å². The molecule has 0 fully saturated rings. The molecule has 0 bridgehead atoms. The lowest BCUT2D eigenvalue weighted by Gasteiger charge is -2.10. The second-order valence-corrected chi connectivity index (χ2v) is 7.85. The van der Waals surface area contributed by atoms with Crippen LogP contribution >= 0.6 is 15.9 Å². The van der Waals surface area contributed by atoms with Gasteiger partial charge < -0.3 is 10.4 Å². The van der Waals surface area contributed by atoms with Crippen molar-refractivity contribution in [3.8, 4) is 5.75 Å². The van der Waals surface area contributed by atoms with E-state index in [2.05, 4.69) is 21.2 Å². The molecule has 122 valence electrons. The molecule has 1 amide bonds. The highest BCUT2D eigenvalue weighted by atomic mass is 79.9. The Morgan fingerprint density at radius 2 is 1.96 bits per heavy atom. The zero-order valence-corrected chi connectivity index (χ0v) is 14.4. The second kappa shape index (κ2) is 6.67. The molecule has 0 aromatic heterocycles. The minimum absolute atomic E-state index is 0.0376. The molecule has 0 radical (unpaired) electrons. The molecule has 0 aliphatic heterocycles. The molecular formula is C15H13BrFNO4S. The normalized spacial score (nSPS) is 11.3. The van der Waals surface area contributed by atoms with E-state index in [1.807, 2.05) is 0 Å². The summed E-state index contributed by atoms with van der Waals surface area (Å²) in [7, 11) is -3.49. The summed E-state index contributed by atoms with van der Waals surface area (Å²) in [5, 5.41) is 12.1. The van der Waals surface area contributed by atoms with Crippen LogP contribution in [0.25, 0.3) is 0 Å². The Labute approximate surface area is 141 Å². The predicted octanol–water partition coefficient (Wildman–Crippen LogP) is 3.34. The lowest BCUT2D eigenvalue weighted by molar-refractivity contribution is 0.102. The molecule has 0 spiro atoms. The van der Waals surface area contributed by atoms with Crippen molar-refractivity contribution < 1.29 is 22.7 Å². The Hall–Kier alpha value is -1.93. The van der Waals surface area contributed by atoms with Crippen LogP contribution < -0.4 is 5.32 Å². The standard InChI is InChI=1S/C15H13BrFNO4S/c1-2-23(21,22)10-4-6-14(19)13(8-10)18-15(20)11-5-3-9(16)7-12(11)17/h3-8,19H,2H2,1H3,(H,18,20). The molecule has 2 aromatic rings. The van der Waals surface area contributed by atoms with Crippen molar-refractivity contribution in [1.29, 1.82) is 0 Å². The van der Waals surface area contributed by atoms with Gasteiger partial charge in [-0.25, -0.2) is 12.8 Å². The van der Waals surface area contributed by atoms with Gasteiger partial charge in [-0.3, -0.25) is 4.79 Å². The van der Waals surface area contributed by atoms with Gasteiger partial charge in [0.1, 0.15) is 11.6 Å². The number of hydrogen-bond acceptors (Lipinski definition) is 4. The summed E-state index contributed by atoms with van der Waals surface area (Å²) in [6.45, 7) is 1.48. The van der Waals surface area contributed by atoms with Gasteiger partial charge in [0.15, 0.2) is 9.84 Å². The first-order chi connectivity index (χ1) is 10.7. The average molecular weight is 402 g/mol. The van der Waals surface area contributed by atoms with Crippen LogP contribution in [-0.2, 0) is 9.84 Å². The number of benzene rings is 2. The lowest BCUT2D eigenvalue weighted by Crippen LogP contribution is -2.14. The zero-order valence-electron chi connectivity index (χ0n) is 12.0. The van der Waals surface area contributed by atoms with Gasteiger partial charge in [0.05, 0.1) is 21.9 Å². The maximum Gasteiger partial charge on any atom is 0.258 e. The van der Waals surface area contributed by atoms with Crippen LogP contribution in [0.4, 0.5) is 10.1 Å². The van der Waals surface area contributed by atoms with E-state index in [-0.39, 0.29) is 27.6 Å². The minimum Gasteiger partial charge on any atom is -0.506 e. The van der Waals surface area contributed by atoms with E-state index < -0.39 is 21.6 Å². The van der Waals surface area contributed by atoms with E-state index in [0.29, 0.717) is 4.47 Å². The van der Waals surface area contributed by atoms with Crippen LogP contribution in [0.3, 0.4) is 0 Å². The van der Waals surface area contributed by atoms with Gasteiger partial charge in [-0.05, 0) is 36.4 Å². The van der Waals surface area contributed by atoms with Gasteiger partial charge in [-0.1, -0.05) is 22.9 Å². The number of amides is 1. The summed E-state index contributed by atoms with van der Waals surface area (Å²) in [6.07, 6.45) is 0. The van der Waals surface area contributed by atoms with Crippen molar-refractivity contribution in [2.75, 3.05) is 11.1 Å². The van der Waals surface area contributed by atoms with E-state index in [0.717, 1.165) is 18.2 Å². The van der Waals surface area contributed by atoms with Crippen molar-refractivity contribution in [2.45, 2.75) is 11.8 Å². The SMILES string of the molecule is CCS(=O)(=O)c1ccc(O)c(NC(=O)c2ccc(Br)cc2F)c1. The van der Waals surface area contributed by atoms with Crippen molar-refractivity contribution >= 4 is 37.4 Å². The minimum atomic E-state index is -3.49. The van der Waals surface area contributed by atoms with E-state index in [1.165, 1.54) is 25.1 Å². The summed E-state index contributed by atoms with van der Waals surface area (Å²) in [6, 6.07) is 7.45. The highest BCUT2D eigenvalue weighted by molar-refractivity contribution is 9.10. The second-order valence-electron chi connectivity index (χ2n) is 4.66. The molecule has 0 aliphatic rings. The third-order valence-corrected chi connectivity index (χ3v) is 5.36. The fourth-order valence-corrected chi connectivity index (χ4v) is 3.08. The number of phenols is 1. The Bertz CT molecular complexity index is 868. The predicted molar refractivity (Wildman–Crippen MR) is 87.9 cm³/mol. The molecule has 8 heteroatoms. The Balaban J connectivity index is 2.36. The summed E-state index contributed by atoms with van der Waals surface area (Å²) >= 11 is 3.08. The van der Waals surface area contributed by atoms with Crippen molar-refractivity contribution in [3.05, 3.63) is 52.3 Å². The Morgan fingerprint density at radius 1 is 1.26 bits per heavy atom. The topological polar surface area (TPSA) is 83.5 Å². The number of sulfone groups is 1. The molecule has 2 aromatic carbocycles. The van der Waals surface area contributed by atoms with Crippen LogP contribution in [0.2, 0.25) is 0 Å². The number of aromatic hydroxyl groups is 1. The van der Waals surface area contributed by atoms with Gasteiger partial charge in [0, 0.05) is 4.47 Å². The van der Waals surface area contributed by atoms with E-state index in [1.54, 1.807) is 0 Å². The van der Waals surface area contributed by atoms with Crippen LogP contribution in [0, 0.1) is 5.82 Å². The van der Waals surface area contributed by atoms with Gasteiger partial charge in [-0.2, -0.15) is 0 Å². The molecule has 0 saturated heterocycles. The summed E-state index contributed by atoms with van der Waals surface area (Å²) in [5.74, 6) is -1.97. The zero-order chi connectivity index (χ0) is 17.2. The van der Waals surface area contributed by atoms with Crippen molar-refractivity contribution in [1.82, 2.24) is 0 Å². The van der Waals surface area contributed by atoms with Crippen LogP contribution in [0.15, 0.2) is 45.8 Å². The first-order valence-corrected chi connectivity index (χ1v) is 9.01. The third kappa shape index (κ3) is 3.89. The van der Waals surface area contributed by atoms with Crippen molar-refractivity contribution in [3.63, 3.8) is 0 Å². The number of phenolic OH excluding ortho intramolecular Hbond substituents is 1. The third-order valence-electron chi connectivity index (χ3n) is 3.13. The molecule has 5 nitrogen and oxygen atoms in total. The number of rotatable bonds is 4. The fraction of sp³-hybridized carbons (Fsp3) is 0.133. The summed E-state index contributed by atoms with van der Waals surface area (Å²) in [4.78, 5) is 12.1. The Kier molecular flexibility index (Phi) is 5.06. The largest absolute Gasteiger partial charge is 0.506 e. The quantitative estimate of drug-likeness (QED) is 0.769. The van der Waals surface area contributed by atoms with Gasteiger partial charge in [0.25, 0.3) is 5.91 Å². The Morgan fingerprint density at radius 3 is 2.57 bits per heavy atom. The van der Waals surface area contributed by atoms with Gasteiger partial charge >= 0.3 is 0 Å². The average Bonchev–Trinajstić information content (AvgIpc) is 2.49. The number of nitrogens with one attached hydrogen (secondary N) is 1. The molecule has 2 rings (SSSR count). The van der Waals surface area contributed by atoms with Gasteiger partial charge in [0.2, 0.25) is 0 Å². The van der Waals surface area contributed by atoms with Crippen LogP contribution in [0.5, 0.6) is 5.75 Å². The molecule has 2 N–H and O–H groups in total. The molecule has 0 aliphatic carbocycles. The molecule has 0 atom stereocenters. The van der Waals surface area contributed by atoms with E-state index >= 15 is 0 Å². The molecule has 0 heterocycles. The summed E-state index contributed by atoms with van der Waals surface area (Å²) in [5.41, 5.74) is -0.330. The maximum atomic E-state index is 13.8. The first kappa shape index (κ1) is 17.4. The highest BCUT2D eigenvalue weighted by Crippen LogP contribution is 2.28. The number of halogens is 2. The number of carbonyl (C=O) groups excluding carboxylic acids is 1. The van der Waals surface area contributed by atoms with Gasteiger partial charge in [-0.15, -0.1) is 0 Å².